The number of oxazole rings is 1. The first-order valence-corrected chi connectivity index (χ1v) is 9.25. The predicted molar refractivity (Wildman–Crippen MR) is 100 cm³/mol. The van der Waals surface area contributed by atoms with Gasteiger partial charge in [-0.05, 0) is 44.4 Å². The van der Waals surface area contributed by atoms with Crippen molar-refractivity contribution in [2.24, 2.45) is 0 Å². The Balaban J connectivity index is 1.60. The molecular formula is C21H21FN4O2. The third kappa shape index (κ3) is 3.28. The smallest absolute Gasteiger partial charge is 0.258 e. The minimum absolute atomic E-state index is 0.122. The highest BCUT2D eigenvalue weighted by atomic mass is 19.1. The fraction of sp³-hybridized carbons (Fsp3) is 0.333. The number of amides is 1. The number of hydrogen-bond acceptors (Lipinski definition) is 5. The molecule has 7 heteroatoms. The quantitative estimate of drug-likeness (QED) is 0.691. The first-order chi connectivity index (χ1) is 13.5. The Hall–Kier alpha value is -3.09. The summed E-state index contributed by atoms with van der Waals surface area (Å²) in [5, 5.41) is 0. The average molecular weight is 380 g/mol. The molecule has 0 aliphatic carbocycles. The molecule has 0 spiro atoms. The zero-order valence-corrected chi connectivity index (χ0v) is 15.9. The molecule has 0 radical (unpaired) electrons. The summed E-state index contributed by atoms with van der Waals surface area (Å²) in [4.78, 5) is 27.5. The van der Waals surface area contributed by atoms with Crippen LogP contribution in [-0.2, 0) is 12.0 Å². The molecule has 1 fully saturated rings. The first-order valence-electron chi connectivity index (χ1n) is 9.25. The number of aromatic nitrogens is 3. The van der Waals surface area contributed by atoms with Crippen molar-refractivity contribution >= 4 is 5.91 Å². The molecule has 3 aromatic rings. The Morgan fingerprint density at radius 3 is 2.96 bits per heavy atom. The van der Waals surface area contributed by atoms with Crippen LogP contribution in [-0.4, -0.2) is 32.3 Å². The molecule has 0 saturated carbocycles. The third-order valence-corrected chi connectivity index (χ3v) is 5.31. The second kappa shape index (κ2) is 7.14. The second-order valence-electron chi connectivity index (χ2n) is 7.29. The van der Waals surface area contributed by atoms with E-state index >= 15 is 0 Å². The highest BCUT2D eigenvalue weighted by Gasteiger charge is 2.45. The molecule has 2 aromatic heterocycles. The Morgan fingerprint density at radius 1 is 1.32 bits per heavy atom. The van der Waals surface area contributed by atoms with Gasteiger partial charge in [0.1, 0.15) is 23.4 Å². The van der Waals surface area contributed by atoms with Gasteiger partial charge in [-0.1, -0.05) is 12.1 Å². The number of benzene rings is 1. The van der Waals surface area contributed by atoms with Crippen LogP contribution >= 0.6 is 0 Å². The number of nitrogens with zero attached hydrogens (tertiary/aromatic N) is 4. The summed E-state index contributed by atoms with van der Waals surface area (Å²) in [6.45, 7) is 4.38. The van der Waals surface area contributed by atoms with Crippen molar-refractivity contribution in [1.29, 1.82) is 0 Å². The second-order valence-corrected chi connectivity index (χ2v) is 7.29. The van der Waals surface area contributed by atoms with E-state index in [-0.39, 0.29) is 11.7 Å². The van der Waals surface area contributed by atoms with Crippen molar-refractivity contribution in [1.82, 2.24) is 19.9 Å². The van der Waals surface area contributed by atoms with E-state index in [1.165, 1.54) is 18.5 Å². The minimum Gasteiger partial charge on any atom is -0.443 e. The summed E-state index contributed by atoms with van der Waals surface area (Å²) in [5.74, 6) is 0.736. The van der Waals surface area contributed by atoms with E-state index in [9.17, 15) is 9.18 Å². The van der Waals surface area contributed by atoms with Gasteiger partial charge in [0.25, 0.3) is 5.91 Å². The molecule has 0 bridgehead atoms. The minimum atomic E-state index is -0.639. The van der Waals surface area contributed by atoms with Crippen LogP contribution in [0.3, 0.4) is 0 Å². The van der Waals surface area contributed by atoms with Gasteiger partial charge >= 0.3 is 0 Å². The van der Waals surface area contributed by atoms with Crippen LogP contribution in [0.4, 0.5) is 4.39 Å². The van der Waals surface area contributed by atoms with E-state index in [4.69, 9.17) is 4.42 Å². The molecule has 28 heavy (non-hydrogen) atoms. The van der Waals surface area contributed by atoms with Crippen molar-refractivity contribution in [3.8, 4) is 0 Å². The van der Waals surface area contributed by atoms with Gasteiger partial charge in [0.15, 0.2) is 0 Å². The number of aryl methyl sites for hydroxylation is 1. The molecule has 6 nitrogen and oxygen atoms in total. The first kappa shape index (κ1) is 18.3. The number of rotatable bonds is 4. The molecule has 144 valence electrons. The number of carbonyl (C=O) groups is 1. The Bertz CT molecular complexity index is 1020. The number of hydrogen-bond donors (Lipinski definition) is 0. The average Bonchev–Trinajstić information content (AvgIpc) is 3.29. The monoisotopic (exact) mass is 380 g/mol. The van der Waals surface area contributed by atoms with Crippen molar-refractivity contribution in [2.45, 2.75) is 38.6 Å². The number of likely N-dealkylation sites (tertiary alicyclic amines) is 1. The molecule has 1 aliphatic heterocycles. The maximum absolute atomic E-state index is 13.4. The maximum Gasteiger partial charge on any atom is 0.258 e. The zero-order chi connectivity index (χ0) is 19.7. The molecule has 1 aliphatic rings. The summed E-state index contributed by atoms with van der Waals surface area (Å²) in [5.41, 5.74) is 1.30. The van der Waals surface area contributed by atoms with Gasteiger partial charge in [-0.2, -0.15) is 0 Å². The van der Waals surface area contributed by atoms with Gasteiger partial charge in [-0.25, -0.2) is 19.3 Å². The van der Waals surface area contributed by atoms with E-state index in [1.54, 1.807) is 30.3 Å². The fourth-order valence-electron chi connectivity index (χ4n) is 3.74. The van der Waals surface area contributed by atoms with Crippen LogP contribution < -0.4 is 0 Å². The molecule has 4 rings (SSSR count). The van der Waals surface area contributed by atoms with E-state index in [0.717, 1.165) is 18.4 Å². The summed E-state index contributed by atoms with van der Waals surface area (Å²) in [6.07, 6.45) is 6.70. The van der Waals surface area contributed by atoms with Crippen LogP contribution in [0.15, 0.2) is 47.4 Å². The lowest BCUT2D eigenvalue weighted by Crippen LogP contribution is -2.43. The van der Waals surface area contributed by atoms with Crippen LogP contribution in [0.1, 0.15) is 53.0 Å². The van der Waals surface area contributed by atoms with Crippen molar-refractivity contribution in [3.05, 3.63) is 77.3 Å². The molecule has 1 aromatic carbocycles. The van der Waals surface area contributed by atoms with E-state index < -0.39 is 5.54 Å². The van der Waals surface area contributed by atoms with Gasteiger partial charge in [-0.3, -0.25) is 4.79 Å². The van der Waals surface area contributed by atoms with Gasteiger partial charge in [0.2, 0.25) is 5.89 Å². The van der Waals surface area contributed by atoms with E-state index in [0.29, 0.717) is 35.9 Å². The van der Waals surface area contributed by atoms with Gasteiger partial charge in [0.05, 0.1) is 17.5 Å². The SMILES string of the molecule is Cc1ncncc1C(=O)N1CCC[C@@]1(C)c1ncc(Cc2cccc(F)c2)o1. The van der Waals surface area contributed by atoms with Crippen molar-refractivity contribution < 1.29 is 13.6 Å². The molecule has 1 atom stereocenters. The largest absolute Gasteiger partial charge is 0.443 e. The normalized spacial score (nSPS) is 19.2. The Kier molecular flexibility index (Phi) is 4.66. The van der Waals surface area contributed by atoms with E-state index in [2.05, 4.69) is 15.0 Å². The number of carbonyl (C=O) groups excluding carboxylic acids is 1. The molecule has 0 N–H and O–H groups in total. The topological polar surface area (TPSA) is 72.1 Å². The van der Waals surface area contributed by atoms with Gasteiger partial charge in [-0.15, -0.1) is 0 Å². The van der Waals surface area contributed by atoms with Crippen LogP contribution in [0, 0.1) is 12.7 Å². The Labute approximate surface area is 162 Å². The summed E-state index contributed by atoms with van der Waals surface area (Å²) in [6, 6.07) is 6.41. The molecule has 1 amide bonds. The van der Waals surface area contributed by atoms with Crippen LogP contribution in [0.5, 0.6) is 0 Å². The van der Waals surface area contributed by atoms with Gasteiger partial charge in [0, 0.05) is 19.2 Å². The van der Waals surface area contributed by atoms with Gasteiger partial charge < -0.3 is 9.32 Å². The van der Waals surface area contributed by atoms with E-state index in [1.807, 2.05) is 13.0 Å². The molecule has 3 heterocycles. The van der Waals surface area contributed by atoms with Crippen molar-refractivity contribution in [3.63, 3.8) is 0 Å². The Morgan fingerprint density at radius 2 is 2.18 bits per heavy atom. The highest BCUT2D eigenvalue weighted by Crippen LogP contribution is 2.39. The lowest BCUT2D eigenvalue weighted by molar-refractivity contribution is 0.0561. The third-order valence-electron chi connectivity index (χ3n) is 5.31. The molecule has 0 unspecified atom stereocenters. The maximum atomic E-state index is 13.4. The lowest BCUT2D eigenvalue weighted by atomic mass is 9.98. The fourth-order valence-corrected chi connectivity index (χ4v) is 3.74. The lowest BCUT2D eigenvalue weighted by Gasteiger charge is -2.32. The summed E-state index contributed by atoms with van der Waals surface area (Å²) < 4.78 is 19.4. The zero-order valence-electron chi connectivity index (χ0n) is 15.9. The summed E-state index contributed by atoms with van der Waals surface area (Å²) in [7, 11) is 0. The number of halogens is 1. The molecule has 1 saturated heterocycles. The summed E-state index contributed by atoms with van der Waals surface area (Å²) >= 11 is 0. The van der Waals surface area contributed by atoms with Crippen LogP contribution in [0.2, 0.25) is 0 Å². The van der Waals surface area contributed by atoms with Crippen LogP contribution in [0.25, 0.3) is 0 Å². The standard InChI is InChI=1S/C21H21FN4O2/c1-14-18(12-23-13-25-14)19(27)26-8-4-7-21(26,2)20-24-11-17(28-20)10-15-5-3-6-16(22)9-15/h3,5-6,9,11-13H,4,7-8,10H2,1-2H3/t21-/m0/s1. The van der Waals surface area contributed by atoms with Crippen molar-refractivity contribution in [2.75, 3.05) is 6.54 Å². The highest BCUT2D eigenvalue weighted by molar-refractivity contribution is 5.95. The molecular weight excluding hydrogens is 359 g/mol. The predicted octanol–water partition coefficient (Wildman–Crippen LogP) is 3.65.